The Morgan fingerprint density at radius 3 is 1.93 bits per heavy atom. The van der Waals surface area contributed by atoms with Crippen LogP contribution in [0.4, 0.5) is 0 Å². The van der Waals surface area contributed by atoms with E-state index in [1.54, 1.807) is 7.11 Å². The third-order valence-electron chi connectivity index (χ3n) is 5.26. The molecule has 0 saturated carbocycles. The summed E-state index contributed by atoms with van der Waals surface area (Å²) in [4.78, 5) is 12.2. The monoisotopic (exact) mass is 383 g/mol. The van der Waals surface area contributed by atoms with Gasteiger partial charge in [-0.25, -0.2) is 0 Å². The molecule has 2 aromatic rings. The molecule has 1 aliphatic heterocycles. The Kier molecular flexibility index (Phi) is 5.84. The maximum absolute atomic E-state index is 12.2. The van der Waals surface area contributed by atoms with Crippen LogP contribution in [0.1, 0.15) is 33.6 Å². The molecular weight excluding hydrogens is 354 g/mol. The predicted molar refractivity (Wildman–Crippen MR) is 111 cm³/mol. The first kappa shape index (κ1) is 19.8. The summed E-state index contributed by atoms with van der Waals surface area (Å²) in [6.45, 7) is 6.74. The minimum Gasteiger partial charge on any atom is -0.404 e. The predicted octanol–water partition coefficient (Wildman–Crippen LogP) is 2.81. The third kappa shape index (κ3) is 4.00. The molecule has 0 aromatic heterocycles. The molecule has 2 atom stereocenters. The van der Waals surface area contributed by atoms with Gasteiger partial charge in [-0.1, -0.05) is 81.4 Å². The molecule has 1 saturated heterocycles. The van der Waals surface area contributed by atoms with Gasteiger partial charge in [0, 0.05) is 13.5 Å². The minimum atomic E-state index is -2.64. The average molecular weight is 384 g/mol. The largest absolute Gasteiger partial charge is 0.404 e. The average Bonchev–Trinajstić information content (AvgIpc) is 2.66. The van der Waals surface area contributed by atoms with Crippen molar-refractivity contribution in [2.45, 2.75) is 51.0 Å². The van der Waals surface area contributed by atoms with E-state index >= 15 is 0 Å². The molecule has 0 radical (unpaired) electrons. The van der Waals surface area contributed by atoms with Crippen molar-refractivity contribution >= 4 is 24.6 Å². The van der Waals surface area contributed by atoms with Gasteiger partial charge in [-0.05, 0) is 15.4 Å². The Morgan fingerprint density at radius 1 is 0.963 bits per heavy atom. The van der Waals surface area contributed by atoms with Gasteiger partial charge in [-0.3, -0.25) is 4.79 Å². The molecule has 1 N–H and O–H groups in total. The third-order valence-corrected chi connectivity index (χ3v) is 10.3. The molecule has 0 bridgehead atoms. The maximum Gasteiger partial charge on any atom is 0.261 e. The number of carbonyl (C=O) groups is 1. The topological polar surface area (TPSA) is 47.6 Å². The van der Waals surface area contributed by atoms with Gasteiger partial charge in [0.25, 0.3) is 8.32 Å². The maximum atomic E-state index is 12.2. The Bertz CT molecular complexity index is 719. The van der Waals surface area contributed by atoms with Gasteiger partial charge in [-0.15, -0.1) is 0 Å². The molecule has 2 unspecified atom stereocenters. The molecule has 2 aromatic carbocycles. The van der Waals surface area contributed by atoms with Crippen LogP contribution in [-0.4, -0.2) is 33.7 Å². The van der Waals surface area contributed by atoms with E-state index in [-0.39, 0.29) is 23.3 Å². The number of piperidine rings is 1. The molecule has 144 valence electrons. The summed E-state index contributed by atoms with van der Waals surface area (Å²) in [5, 5.41) is 5.22. The van der Waals surface area contributed by atoms with Crippen molar-refractivity contribution in [1.82, 2.24) is 5.32 Å². The minimum absolute atomic E-state index is 0.0176. The Labute approximate surface area is 163 Å². The molecule has 1 amide bonds. The Hall–Kier alpha value is -1.95. The lowest BCUT2D eigenvalue weighted by molar-refractivity contribution is -0.131. The lowest BCUT2D eigenvalue weighted by Crippen LogP contribution is -2.68. The van der Waals surface area contributed by atoms with E-state index in [4.69, 9.17) is 9.16 Å². The molecule has 1 heterocycles. The Balaban J connectivity index is 2.11. The first-order valence-electron chi connectivity index (χ1n) is 9.48. The fourth-order valence-corrected chi connectivity index (χ4v) is 8.71. The molecule has 4 nitrogen and oxygen atoms in total. The fourth-order valence-electron chi connectivity index (χ4n) is 4.01. The number of benzene rings is 2. The molecule has 3 rings (SSSR count). The van der Waals surface area contributed by atoms with Crippen LogP contribution < -0.4 is 15.7 Å². The highest BCUT2D eigenvalue weighted by Crippen LogP contribution is 2.38. The van der Waals surface area contributed by atoms with E-state index in [2.05, 4.69) is 74.6 Å². The van der Waals surface area contributed by atoms with Crippen LogP contribution in [0.3, 0.4) is 0 Å². The van der Waals surface area contributed by atoms with E-state index in [1.807, 2.05) is 12.1 Å². The molecule has 0 aliphatic carbocycles. The normalized spacial score (nSPS) is 21.0. The standard InChI is InChI=1S/C22H29NO3Si/c1-22(2,3)27(18-11-7-5-8-12-18,19-13-9-6-10-14-19)26-17-15-20(24)23-21(16-17)25-4/h5-14,17,21H,15-16H2,1-4H3,(H,23,24). The lowest BCUT2D eigenvalue weighted by Gasteiger charge is -2.46. The van der Waals surface area contributed by atoms with Gasteiger partial charge in [0.1, 0.15) is 6.23 Å². The van der Waals surface area contributed by atoms with Crippen LogP contribution >= 0.6 is 0 Å². The Morgan fingerprint density at radius 2 is 1.48 bits per heavy atom. The van der Waals surface area contributed by atoms with Gasteiger partial charge in [-0.2, -0.15) is 0 Å². The van der Waals surface area contributed by atoms with Gasteiger partial charge in [0.05, 0.1) is 12.5 Å². The molecule has 0 spiro atoms. The molecule has 27 heavy (non-hydrogen) atoms. The molecular formula is C22H29NO3Si. The zero-order valence-corrected chi connectivity index (χ0v) is 17.6. The summed E-state index contributed by atoms with van der Waals surface area (Å²) in [5.74, 6) is -0.0176. The number of hydrogen-bond donors (Lipinski definition) is 1. The summed E-state index contributed by atoms with van der Waals surface area (Å²) in [7, 11) is -1.02. The van der Waals surface area contributed by atoms with E-state index in [1.165, 1.54) is 10.4 Å². The summed E-state index contributed by atoms with van der Waals surface area (Å²) in [5.41, 5.74) is 0. The zero-order chi connectivity index (χ0) is 19.5. The summed E-state index contributed by atoms with van der Waals surface area (Å²) < 4.78 is 12.4. The first-order valence-corrected chi connectivity index (χ1v) is 11.4. The van der Waals surface area contributed by atoms with Crippen molar-refractivity contribution in [2.75, 3.05) is 7.11 Å². The summed E-state index contributed by atoms with van der Waals surface area (Å²) >= 11 is 0. The van der Waals surface area contributed by atoms with Crippen molar-refractivity contribution in [1.29, 1.82) is 0 Å². The highest BCUT2D eigenvalue weighted by Gasteiger charge is 2.52. The number of nitrogens with one attached hydrogen (secondary N) is 1. The molecule has 1 fully saturated rings. The number of carbonyl (C=O) groups excluding carboxylic acids is 1. The number of hydrogen-bond acceptors (Lipinski definition) is 3. The SMILES string of the molecule is COC1CC(O[Si](c2ccccc2)(c2ccccc2)C(C)(C)C)CC(=O)N1. The second kappa shape index (κ2) is 7.96. The van der Waals surface area contributed by atoms with Crippen molar-refractivity contribution in [2.24, 2.45) is 0 Å². The van der Waals surface area contributed by atoms with E-state index in [0.717, 1.165) is 0 Å². The second-order valence-corrected chi connectivity index (χ2v) is 12.4. The summed E-state index contributed by atoms with van der Waals surface area (Å²) in [6.07, 6.45) is 0.557. The number of amides is 1. The van der Waals surface area contributed by atoms with Crippen LogP contribution in [0, 0.1) is 0 Å². The zero-order valence-electron chi connectivity index (χ0n) is 16.6. The highest BCUT2D eigenvalue weighted by molar-refractivity contribution is 6.99. The van der Waals surface area contributed by atoms with Crippen molar-refractivity contribution in [3.8, 4) is 0 Å². The fraction of sp³-hybridized carbons (Fsp3) is 0.409. The smallest absolute Gasteiger partial charge is 0.261 e. The highest BCUT2D eigenvalue weighted by atomic mass is 28.4. The van der Waals surface area contributed by atoms with Crippen molar-refractivity contribution < 1.29 is 14.0 Å². The number of methoxy groups -OCH3 is 1. The number of ether oxygens (including phenoxy) is 1. The van der Waals surface area contributed by atoms with E-state index in [9.17, 15) is 4.79 Å². The van der Waals surface area contributed by atoms with Crippen molar-refractivity contribution in [3.63, 3.8) is 0 Å². The van der Waals surface area contributed by atoms with Crippen LogP contribution in [-0.2, 0) is 14.0 Å². The van der Waals surface area contributed by atoms with E-state index in [0.29, 0.717) is 12.8 Å². The summed E-state index contributed by atoms with van der Waals surface area (Å²) in [6, 6.07) is 21.0. The first-order chi connectivity index (χ1) is 12.9. The van der Waals surface area contributed by atoms with Crippen LogP contribution in [0.2, 0.25) is 5.04 Å². The van der Waals surface area contributed by atoms with Gasteiger partial charge < -0.3 is 14.5 Å². The van der Waals surface area contributed by atoms with Gasteiger partial charge >= 0.3 is 0 Å². The molecule has 1 aliphatic rings. The number of rotatable bonds is 5. The van der Waals surface area contributed by atoms with Crippen molar-refractivity contribution in [3.05, 3.63) is 60.7 Å². The van der Waals surface area contributed by atoms with Crippen LogP contribution in [0.5, 0.6) is 0 Å². The van der Waals surface area contributed by atoms with Gasteiger partial charge in [0.15, 0.2) is 0 Å². The quantitative estimate of drug-likeness (QED) is 0.808. The van der Waals surface area contributed by atoms with E-state index < -0.39 is 8.32 Å². The second-order valence-electron chi connectivity index (χ2n) is 8.13. The van der Waals surface area contributed by atoms with Crippen LogP contribution in [0.15, 0.2) is 60.7 Å². The lowest BCUT2D eigenvalue weighted by atomic mass is 10.1. The van der Waals surface area contributed by atoms with Crippen LogP contribution in [0.25, 0.3) is 0 Å². The molecule has 5 heteroatoms. The van der Waals surface area contributed by atoms with Gasteiger partial charge in [0.2, 0.25) is 5.91 Å².